The van der Waals surface area contributed by atoms with E-state index in [4.69, 9.17) is 0 Å². The highest BCUT2D eigenvalue weighted by molar-refractivity contribution is 7.97. The molecule has 0 aliphatic carbocycles. The average Bonchev–Trinajstić information content (AvgIpc) is 2.32. The van der Waals surface area contributed by atoms with Crippen LogP contribution in [0, 0.1) is 27.7 Å². The molecule has 2 nitrogen and oxygen atoms in total. The third-order valence-corrected chi connectivity index (χ3v) is 4.25. The maximum absolute atomic E-state index is 11.3. The third-order valence-electron chi connectivity index (χ3n) is 3.91. The van der Waals surface area contributed by atoms with Crippen molar-refractivity contribution in [2.24, 2.45) is 0 Å². The Hall–Kier alpha value is -1.22. The summed E-state index contributed by atoms with van der Waals surface area (Å²) >= 11 is 3.84. The van der Waals surface area contributed by atoms with Gasteiger partial charge in [-0.2, -0.15) is 0 Å². The summed E-state index contributed by atoms with van der Waals surface area (Å²) < 4.78 is 0. The van der Waals surface area contributed by atoms with Gasteiger partial charge in [0.25, 0.3) is 0 Å². The normalized spacial score (nSPS) is 12.4. The highest BCUT2D eigenvalue weighted by atomic mass is 32.1. The first-order valence-corrected chi connectivity index (χ1v) is 6.35. The van der Waals surface area contributed by atoms with E-state index < -0.39 is 0 Å². The summed E-state index contributed by atoms with van der Waals surface area (Å²) in [4.78, 5) is 11.3. The first-order valence-electron chi connectivity index (χ1n) is 5.90. The quantitative estimate of drug-likeness (QED) is 0.628. The number of hydrogen-bond acceptors (Lipinski definition) is 2. The number of phenolic OH excluding ortho intramolecular Hbond substituents is 1. The highest BCUT2D eigenvalue weighted by Gasteiger charge is 2.17. The molecule has 1 rings (SSSR count). The van der Waals surface area contributed by atoms with E-state index in [1.165, 1.54) is 0 Å². The molecule has 0 radical (unpaired) electrons. The van der Waals surface area contributed by atoms with Crippen LogP contribution >= 0.6 is 12.6 Å². The van der Waals surface area contributed by atoms with Crippen LogP contribution in [0.25, 0.3) is 5.57 Å². The number of phenols is 1. The highest BCUT2D eigenvalue weighted by Crippen LogP contribution is 2.37. The molecule has 0 aromatic heterocycles. The van der Waals surface area contributed by atoms with Crippen LogP contribution in [0.15, 0.2) is 5.57 Å². The molecule has 0 saturated heterocycles. The zero-order valence-corrected chi connectivity index (χ0v) is 12.7. The maximum atomic E-state index is 11.3. The molecule has 0 saturated carbocycles. The van der Waals surface area contributed by atoms with Crippen LogP contribution in [0.1, 0.15) is 41.7 Å². The standard InChI is InChI=1S/C15H20O2S/c1-7-8(2)11(5)14(16)13(9(7)3)10(4)12(6)15(17)18/h16H,1-6H3,(H,17,18)/b12-10-. The zero-order chi connectivity index (χ0) is 14.2. The summed E-state index contributed by atoms with van der Waals surface area (Å²) in [5.74, 6) is 0.266. The molecule has 0 unspecified atom stereocenters. The smallest absolute Gasteiger partial charge is 0.212 e. The van der Waals surface area contributed by atoms with Gasteiger partial charge in [-0.1, -0.05) is 0 Å². The van der Waals surface area contributed by atoms with Crippen LogP contribution in [-0.4, -0.2) is 10.2 Å². The monoisotopic (exact) mass is 264 g/mol. The summed E-state index contributed by atoms with van der Waals surface area (Å²) in [6, 6.07) is 0. The molecule has 1 aromatic carbocycles. The van der Waals surface area contributed by atoms with Crippen molar-refractivity contribution in [2.75, 3.05) is 0 Å². The number of thiol groups is 1. The van der Waals surface area contributed by atoms with Crippen molar-refractivity contribution in [2.45, 2.75) is 41.5 Å². The fourth-order valence-corrected chi connectivity index (χ4v) is 2.27. The minimum Gasteiger partial charge on any atom is -0.507 e. The van der Waals surface area contributed by atoms with Crippen molar-refractivity contribution < 1.29 is 9.90 Å². The first kappa shape index (κ1) is 14.8. The molecule has 18 heavy (non-hydrogen) atoms. The van der Waals surface area contributed by atoms with Gasteiger partial charge in [0, 0.05) is 11.1 Å². The van der Waals surface area contributed by atoms with Gasteiger partial charge in [-0.15, -0.1) is 12.6 Å². The van der Waals surface area contributed by atoms with Crippen LogP contribution in [0.3, 0.4) is 0 Å². The first-order chi connectivity index (χ1) is 8.20. The maximum Gasteiger partial charge on any atom is 0.212 e. The second-order valence-electron chi connectivity index (χ2n) is 4.78. The summed E-state index contributed by atoms with van der Waals surface area (Å²) in [6.45, 7) is 11.5. The molecule has 1 N–H and O–H groups in total. The Kier molecular flexibility index (Phi) is 4.28. The molecule has 0 atom stereocenters. The molecule has 0 aliphatic rings. The van der Waals surface area contributed by atoms with E-state index in [0.717, 1.165) is 33.4 Å². The predicted octanol–water partition coefficient (Wildman–Crippen LogP) is 3.88. The van der Waals surface area contributed by atoms with Crippen molar-refractivity contribution in [1.82, 2.24) is 0 Å². The fourth-order valence-electron chi connectivity index (χ4n) is 2.10. The molecule has 98 valence electrons. The largest absolute Gasteiger partial charge is 0.507 e. The molecule has 1 aromatic rings. The molecule has 0 amide bonds. The number of carbonyl (C=O) groups is 1. The topological polar surface area (TPSA) is 37.3 Å². The third kappa shape index (κ3) is 2.32. The molecule has 0 heterocycles. The number of allylic oxidation sites excluding steroid dienone is 1. The lowest BCUT2D eigenvalue weighted by molar-refractivity contribution is -0.107. The van der Waals surface area contributed by atoms with Crippen LogP contribution < -0.4 is 0 Å². The fraction of sp³-hybridized carbons (Fsp3) is 0.400. The minimum absolute atomic E-state index is 0.262. The van der Waals surface area contributed by atoms with Crippen LogP contribution in [-0.2, 0) is 4.79 Å². The molecular weight excluding hydrogens is 244 g/mol. The van der Waals surface area contributed by atoms with E-state index in [-0.39, 0.29) is 10.9 Å². The Balaban J connectivity index is 3.73. The van der Waals surface area contributed by atoms with Gasteiger partial charge in [0.05, 0.1) is 0 Å². The Morgan fingerprint density at radius 2 is 1.39 bits per heavy atom. The number of aromatic hydroxyl groups is 1. The van der Waals surface area contributed by atoms with Gasteiger partial charge in [-0.25, -0.2) is 0 Å². The second kappa shape index (κ2) is 5.19. The Labute approximate surface area is 114 Å². The Morgan fingerprint density at radius 1 is 0.944 bits per heavy atom. The summed E-state index contributed by atoms with van der Waals surface area (Å²) in [7, 11) is 0. The van der Waals surface area contributed by atoms with E-state index in [1.54, 1.807) is 6.92 Å². The van der Waals surface area contributed by atoms with E-state index >= 15 is 0 Å². The van der Waals surface area contributed by atoms with Crippen molar-refractivity contribution in [1.29, 1.82) is 0 Å². The number of benzene rings is 1. The second-order valence-corrected chi connectivity index (χ2v) is 5.18. The van der Waals surface area contributed by atoms with Gasteiger partial charge in [0.1, 0.15) is 5.75 Å². The van der Waals surface area contributed by atoms with E-state index in [2.05, 4.69) is 12.6 Å². The summed E-state index contributed by atoms with van der Waals surface area (Å²) in [5, 5.41) is 10.1. The van der Waals surface area contributed by atoms with E-state index in [0.29, 0.717) is 5.57 Å². The molecular formula is C15H20O2S. The van der Waals surface area contributed by atoms with Gasteiger partial charge < -0.3 is 5.11 Å². The van der Waals surface area contributed by atoms with Gasteiger partial charge in [-0.05, 0) is 69.4 Å². The number of rotatable bonds is 2. The summed E-state index contributed by atoms with van der Waals surface area (Å²) in [5.41, 5.74) is 6.25. The van der Waals surface area contributed by atoms with Crippen molar-refractivity contribution in [3.8, 4) is 5.75 Å². The van der Waals surface area contributed by atoms with E-state index in [1.807, 2.05) is 34.6 Å². The Bertz CT molecular complexity index is 525. The zero-order valence-electron chi connectivity index (χ0n) is 11.8. The van der Waals surface area contributed by atoms with Crippen LogP contribution in [0.4, 0.5) is 0 Å². The van der Waals surface area contributed by atoms with Crippen molar-refractivity contribution in [3.63, 3.8) is 0 Å². The van der Waals surface area contributed by atoms with Crippen LogP contribution in [0.5, 0.6) is 5.75 Å². The number of carbonyl (C=O) groups excluding carboxylic acids is 1. The predicted molar refractivity (Wildman–Crippen MR) is 79.3 cm³/mol. The Morgan fingerprint density at radius 3 is 1.83 bits per heavy atom. The lowest BCUT2D eigenvalue weighted by atomic mass is 9.88. The lowest BCUT2D eigenvalue weighted by Crippen LogP contribution is -2.01. The molecule has 0 aliphatic heterocycles. The van der Waals surface area contributed by atoms with Gasteiger partial charge in [0.15, 0.2) is 0 Å². The van der Waals surface area contributed by atoms with Gasteiger partial charge >= 0.3 is 0 Å². The SMILES string of the molecule is C/C(C(=O)S)=C(\C)c1c(C)c(C)c(C)c(C)c1O. The average molecular weight is 264 g/mol. The van der Waals surface area contributed by atoms with Gasteiger partial charge in [0.2, 0.25) is 5.12 Å². The lowest BCUT2D eigenvalue weighted by Gasteiger charge is -2.18. The van der Waals surface area contributed by atoms with Crippen molar-refractivity contribution in [3.05, 3.63) is 33.4 Å². The van der Waals surface area contributed by atoms with Crippen molar-refractivity contribution >= 4 is 23.3 Å². The summed E-state index contributed by atoms with van der Waals surface area (Å²) in [6.07, 6.45) is 0. The van der Waals surface area contributed by atoms with E-state index in [9.17, 15) is 9.90 Å². The number of hydrogen-bond donors (Lipinski definition) is 2. The molecule has 0 fully saturated rings. The molecule has 0 spiro atoms. The minimum atomic E-state index is -0.262. The van der Waals surface area contributed by atoms with Crippen LogP contribution in [0.2, 0.25) is 0 Å². The molecule has 3 heteroatoms. The molecule has 0 bridgehead atoms. The van der Waals surface area contributed by atoms with Gasteiger partial charge in [-0.3, -0.25) is 4.79 Å².